The molecule has 0 amide bonds. The van der Waals surface area contributed by atoms with Crippen LogP contribution in [-0.4, -0.2) is 39.4 Å². The highest BCUT2D eigenvalue weighted by Gasteiger charge is 2.35. The Morgan fingerprint density at radius 2 is 2.00 bits per heavy atom. The number of nitrogens with zero attached hydrogens (tertiary/aromatic N) is 3. The molecule has 0 saturated carbocycles. The van der Waals surface area contributed by atoms with Gasteiger partial charge in [0.25, 0.3) is 5.89 Å². The summed E-state index contributed by atoms with van der Waals surface area (Å²) in [5.74, 6) is 0.957. The minimum atomic E-state index is -0.208. The summed E-state index contributed by atoms with van der Waals surface area (Å²) >= 11 is 12.0. The van der Waals surface area contributed by atoms with Crippen LogP contribution in [0.25, 0.3) is 17.0 Å². The fourth-order valence-electron chi connectivity index (χ4n) is 4.54. The van der Waals surface area contributed by atoms with Crippen molar-refractivity contribution in [1.82, 2.24) is 20.4 Å². The molecule has 2 aliphatic heterocycles. The van der Waals surface area contributed by atoms with Crippen molar-refractivity contribution in [2.24, 2.45) is 0 Å². The molecule has 1 N–H and O–H groups in total. The molecule has 2 aromatic carbocycles. The molecule has 3 aromatic rings. The molecule has 8 heteroatoms. The zero-order chi connectivity index (χ0) is 23.8. The van der Waals surface area contributed by atoms with Gasteiger partial charge in [-0.2, -0.15) is 4.98 Å². The van der Waals surface area contributed by atoms with Crippen LogP contribution in [0.15, 0.2) is 52.7 Å². The van der Waals surface area contributed by atoms with E-state index in [4.69, 9.17) is 38.1 Å². The quantitative estimate of drug-likeness (QED) is 0.446. The van der Waals surface area contributed by atoms with Gasteiger partial charge < -0.3 is 19.5 Å². The fraction of sp³-hybridized carbons (Fsp3) is 0.346. The lowest BCUT2D eigenvalue weighted by Gasteiger charge is -2.38. The summed E-state index contributed by atoms with van der Waals surface area (Å²) in [5, 5.41) is 9.10. The number of nitrogens with one attached hydrogen (secondary N) is 1. The van der Waals surface area contributed by atoms with E-state index in [1.54, 1.807) is 0 Å². The van der Waals surface area contributed by atoms with Gasteiger partial charge in [0.05, 0.1) is 24.3 Å². The Hall–Kier alpha value is -2.74. The summed E-state index contributed by atoms with van der Waals surface area (Å²) in [6.07, 6.45) is 2.26. The molecule has 0 aliphatic carbocycles. The third-order valence-corrected chi connectivity index (χ3v) is 7.18. The number of aryl methyl sites for hydroxylation is 2. The minimum absolute atomic E-state index is 0.152. The maximum atomic E-state index is 6.18. The van der Waals surface area contributed by atoms with Gasteiger partial charge in [0, 0.05) is 22.9 Å². The average Bonchev–Trinajstić information content (AvgIpc) is 3.50. The third-order valence-electron chi connectivity index (χ3n) is 6.61. The van der Waals surface area contributed by atoms with Gasteiger partial charge in [-0.3, -0.25) is 0 Å². The molecule has 176 valence electrons. The third kappa shape index (κ3) is 4.48. The number of thiocarbonyl (C=S) groups is 1. The molecule has 1 saturated heterocycles. The van der Waals surface area contributed by atoms with Gasteiger partial charge in [-0.05, 0) is 74.7 Å². The summed E-state index contributed by atoms with van der Waals surface area (Å²) in [6.45, 7) is 7.78. The molecular weight excluding hydrogens is 468 g/mol. The van der Waals surface area contributed by atoms with Crippen molar-refractivity contribution in [2.45, 2.75) is 45.8 Å². The lowest BCUT2D eigenvalue weighted by atomic mass is 9.92. The number of ether oxygens (including phenoxy) is 1. The van der Waals surface area contributed by atoms with Crippen molar-refractivity contribution in [3.8, 4) is 11.4 Å². The van der Waals surface area contributed by atoms with Crippen molar-refractivity contribution in [2.75, 3.05) is 13.2 Å². The number of halogens is 1. The molecule has 0 bridgehead atoms. The molecule has 34 heavy (non-hydrogen) atoms. The maximum absolute atomic E-state index is 6.18. The Balaban J connectivity index is 1.59. The van der Waals surface area contributed by atoms with E-state index in [1.807, 2.05) is 24.3 Å². The van der Waals surface area contributed by atoms with Crippen molar-refractivity contribution in [1.29, 1.82) is 0 Å². The standard InChI is InChI=1S/C26H27ClN4O2S/c1-15-9-10-18(12-16(15)2)23-22(17(3)31(26(34)28-23)14-21-8-5-11-32-21)25-29-24(30-33-25)19-6-4-7-20(27)13-19/h4,6-7,9-10,12-13,21,23H,5,8,11,14H2,1-3H3,(H,28,34). The second kappa shape index (κ2) is 9.49. The second-order valence-corrected chi connectivity index (χ2v) is 9.73. The summed E-state index contributed by atoms with van der Waals surface area (Å²) in [4.78, 5) is 6.87. The Morgan fingerprint density at radius 1 is 1.15 bits per heavy atom. The molecule has 0 spiro atoms. The highest BCUT2D eigenvalue weighted by molar-refractivity contribution is 7.80. The van der Waals surface area contributed by atoms with E-state index in [1.165, 1.54) is 11.1 Å². The van der Waals surface area contributed by atoms with E-state index in [0.29, 0.717) is 28.4 Å². The average molecular weight is 495 g/mol. The number of allylic oxidation sites excluding steroid dienone is 1. The molecule has 3 heterocycles. The van der Waals surface area contributed by atoms with E-state index in [9.17, 15) is 0 Å². The number of aromatic nitrogens is 2. The Morgan fingerprint density at radius 3 is 2.74 bits per heavy atom. The maximum Gasteiger partial charge on any atom is 0.258 e. The zero-order valence-electron chi connectivity index (χ0n) is 19.5. The van der Waals surface area contributed by atoms with Crippen molar-refractivity contribution in [3.63, 3.8) is 0 Å². The van der Waals surface area contributed by atoms with Gasteiger partial charge in [0.2, 0.25) is 5.82 Å². The van der Waals surface area contributed by atoms with Crippen LogP contribution in [-0.2, 0) is 4.74 Å². The first-order chi connectivity index (χ1) is 16.4. The molecular formula is C26H27ClN4O2S. The predicted molar refractivity (Wildman–Crippen MR) is 137 cm³/mol. The zero-order valence-corrected chi connectivity index (χ0v) is 21.0. The first-order valence-corrected chi connectivity index (χ1v) is 12.3. The van der Waals surface area contributed by atoms with Crippen LogP contribution in [0.5, 0.6) is 0 Å². The smallest absolute Gasteiger partial charge is 0.258 e. The van der Waals surface area contributed by atoms with E-state index in [-0.39, 0.29) is 12.1 Å². The molecule has 1 fully saturated rings. The fourth-order valence-corrected chi connectivity index (χ4v) is 5.06. The van der Waals surface area contributed by atoms with Crippen LogP contribution in [0.3, 0.4) is 0 Å². The van der Waals surface area contributed by atoms with Crippen LogP contribution >= 0.6 is 23.8 Å². The van der Waals surface area contributed by atoms with Crippen molar-refractivity contribution >= 4 is 34.5 Å². The van der Waals surface area contributed by atoms with E-state index < -0.39 is 0 Å². The van der Waals surface area contributed by atoms with Crippen LogP contribution in [0, 0.1) is 13.8 Å². The molecule has 6 nitrogen and oxygen atoms in total. The van der Waals surface area contributed by atoms with Crippen LogP contribution in [0.1, 0.15) is 48.4 Å². The van der Waals surface area contributed by atoms with E-state index in [0.717, 1.165) is 41.8 Å². The second-order valence-electron chi connectivity index (χ2n) is 8.90. The highest BCUT2D eigenvalue weighted by Crippen LogP contribution is 2.38. The summed E-state index contributed by atoms with van der Waals surface area (Å²) in [7, 11) is 0. The highest BCUT2D eigenvalue weighted by atomic mass is 35.5. The number of hydrogen-bond donors (Lipinski definition) is 1. The van der Waals surface area contributed by atoms with E-state index >= 15 is 0 Å². The molecule has 2 unspecified atom stereocenters. The molecule has 1 aromatic heterocycles. The minimum Gasteiger partial charge on any atom is -0.376 e. The Kier molecular flexibility index (Phi) is 6.42. The summed E-state index contributed by atoms with van der Waals surface area (Å²) in [5.41, 5.74) is 6.26. The van der Waals surface area contributed by atoms with Crippen molar-refractivity contribution in [3.05, 3.63) is 75.8 Å². The summed E-state index contributed by atoms with van der Waals surface area (Å²) < 4.78 is 11.7. The molecule has 2 atom stereocenters. The van der Waals surface area contributed by atoms with Crippen molar-refractivity contribution < 1.29 is 9.26 Å². The Labute approximate surface area is 209 Å². The topological polar surface area (TPSA) is 63.4 Å². The van der Waals surface area contributed by atoms with Gasteiger partial charge >= 0.3 is 0 Å². The number of benzene rings is 2. The van der Waals surface area contributed by atoms with Gasteiger partial charge in [0.15, 0.2) is 5.11 Å². The number of rotatable bonds is 5. The summed E-state index contributed by atoms with van der Waals surface area (Å²) in [6, 6.07) is 13.7. The predicted octanol–water partition coefficient (Wildman–Crippen LogP) is 5.85. The van der Waals surface area contributed by atoms with Gasteiger partial charge in [-0.1, -0.05) is 47.1 Å². The lowest BCUT2D eigenvalue weighted by molar-refractivity contribution is 0.0962. The molecule has 5 rings (SSSR count). The normalized spacial score (nSPS) is 20.7. The monoisotopic (exact) mass is 494 g/mol. The first kappa shape index (κ1) is 23.0. The largest absolute Gasteiger partial charge is 0.376 e. The first-order valence-electron chi connectivity index (χ1n) is 11.5. The van der Waals surface area contributed by atoms with Crippen LogP contribution in [0.4, 0.5) is 0 Å². The Bertz CT molecular complexity index is 1270. The van der Waals surface area contributed by atoms with Crippen LogP contribution < -0.4 is 5.32 Å². The SMILES string of the molecule is CC1=C(c2nc(-c3cccc(Cl)c3)no2)C(c2ccc(C)c(C)c2)NC(=S)N1CC1CCCO1. The lowest BCUT2D eigenvalue weighted by Crippen LogP contribution is -2.48. The van der Waals surface area contributed by atoms with Gasteiger partial charge in [-0.25, -0.2) is 0 Å². The van der Waals surface area contributed by atoms with Gasteiger partial charge in [0.1, 0.15) is 0 Å². The molecule has 2 aliphatic rings. The van der Waals surface area contributed by atoms with Crippen LogP contribution in [0.2, 0.25) is 5.02 Å². The number of hydrogen-bond acceptors (Lipinski definition) is 5. The molecule has 0 radical (unpaired) electrons. The van der Waals surface area contributed by atoms with E-state index in [2.05, 4.69) is 54.3 Å². The van der Waals surface area contributed by atoms with Gasteiger partial charge in [-0.15, -0.1) is 0 Å².